The average molecular weight is 462 g/mol. The summed E-state index contributed by atoms with van der Waals surface area (Å²) in [4.78, 5) is 15.1. The summed E-state index contributed by atoms with van der Waals surface area (Å²) in [5.74, 6) is 2.38. The van der Waals surface area contributed by atoms with Gasteiger partial charge >= 0.3 is 6.09 Å². The Morgan fingerprint density at radius 2 is 1.76 bits per heavy atom. The standard InChI is InChI=1S/C28H35N3O3/c1-2-33-25-13-15-26(16-14-25)34-28(32)30-27-8-4-3-7-23(27)18-22-6-5-17-31(20-22)24-11-9-21(19-29)10-12-24/h9-16,22-23,27H,2-8,17-18,20H2,1H3,(H,30,32)/t22-,23+,27-/m1/s1. The lowest BCUT2D eigenvalue weighted by Crippen LogP contribution is -2.45. The van der Waals surface area contributed by atoms with Gasteiger partial charge in [-0.1, -0.05) is 12.8 Å². The quantitative estimate of drug-likeness (QED) is 0.555. The third-order valence-electron chi connectivity index (χ3n) is 7.07. The Bertz CT molecular complexity index is 968. The van der Waals surface area contributed by atoms with Crippen LogP contribution in [0.3, 0.4) is 0 Å². The first-order valence-electron chi connectivity index (χ1n) is 12.6. The van der Waals surface area contributed by atoms with E-state index >= 15 is 0 Å². The van der Waals surface area contributed by atoms with E-state index in [2.05, 4.69) is 28.4 Å². The molecule has 2 aromatic carbocycles. The number of carbonyl (C=O) groups is 1. The smallest absolute Gasteiger partial charge is 0.412 e. The number of carbonyl (C=O) groups excluding carboxylic acids is 1. The molecule has 1 aliphatic carbocycles. The Morgan fingerprint density at radius 1 is 1.03 bits per heavy atom. The van der Waals surface area contributed by atoms with Gasteiger partial charge in [-0.05, 0) is 99.4 Å². The first kappa shape index (κ1) is 23.9. The fourth-order valence-corrected chi connectivity index (χ4v) is 5.41. The third-order valence-corrected chi connectivity index (χ3v) is 7.07. The fraction of sp³-hybridized carbons (Fsp3) is 0.500. The van der Waals surface area contributed by atoms with E-state index in [4.69, 9.17) is 14.7 Å². The van der Waals surface area contributed by atoms with Crippen molar-refractivity contribution in [1.29, 1.82) is 5.26 Å². The van der Waals surface area contributed by atoms with Gasteiger partial charge in [-0.3, -0.25) is 0 Å². The molecule has 6 heteroatoms. The Kier molecular flexibility index (Phi) is 8.30. The van der Waals surface area contributed by atoms with Gasteiger partial charge in [0.15, 0.2) is 0 Å². The maximum Gasteiger partial charge on any atom is 0.412 e. The Hall–Kier alpha value is -3.20. The summed E-state index contributed by atoms with van der Waals surface area (Å²) in [5, 5.41) is 12.2. The summed E-state index contributed by atoms with van der Waals surface area (Å²) in [6, 6.07) is 17.4. The molecule has 180 valence electrons. The van der Waals surface area contributed by atoms with Crippen LogP contribution in [0.2, 0.25) is 0 Å². The van der Waals surface area contributed by atoms with Crippen molar-refractivity contribution in [1.82, 2.24) is 5.32 Å². The van der Waals surface area contributed by atoms with Crippen LogP contribution in [0.1, 0.15) is 57.4 Å². The molecule has 1 aliphatic heterocycles. The monoisotopic (exact) mass is 461 g/mol. The number of nitriles is 1. The highest BCUT2D eigenvalue weighted by molar-refractivity contribution is 5.70. The maximum absolute atomic E-state index is 12.6. The van der Waals surface area contributed by atoms with Crippen molar-refractivity contribution >= 4 is 11.8 Å². The summed E-state index contributed by atoms with van der Waals surface area (Å²) in [5.41, 5.74) is 1.89. The molecular weight excluding hydrogens is 426 g/mol. The number of nitrogens with one attached hydrogen (secondary N) is 1. The van der Waals surface area contributed by atoms with Crippen LogP contribution in [-0.2, 0) is 0 Å². The molecule has 1 heterocycles. The van der Waals surface area contributed by atoms with Gasteiger partial charge in [-0.25, -0.2) is 4.79 Å². The second kappa shape index (κ2) is 11.8. The van der Waals surface area contributed by atoms with Gasteiger partial charge in [0, 0.05) is 24.8 Å². The second-order valence-electron chi connectivity index (χ2n) is 9.44. The van der Waals surface area contributed by atoms with Crippen LogP contribution in [-0.4, -0.2) is 31.8 Å². The largest absolute Gasteiger partial charge is 0.494 e. The van der Waals surface area contributed by atoms with Crippen molar-refractivity contribution in [3.63, 3.8) is 0 Å². The van der Waals surface area contributed by atoms with E-state index in [-0.39, 0.29) is 12.1 Å². The lowest BCUT2D eigenvalue weighted by atomic mass is 9.77. The minimum absolute atomic E-state index is 0.161. The van der Waals surface area contributed by atoms with Gasteiger partial charge in [-0.15, -0.1) is 0 Å². The first-order valence-corrected chi connectivity index (χ1v) is 12.6. The highest BCUT2D eigenvalue weighted by Gasteiger charge is 2.31. The predicted molar refractivity (Wildman–Crippen MR) is 133 cm³/mol. The summed E-state index contributed by atoms with van der Waals surface area (Å²) < 4.78 is 11.0. The number of amides is 1. The molecule has 4 rings (SSSR count). The van der Waals surface area contributed by atoms with Crippen LogP contribution in [0, 0.1) is 23.2 Å². The van der Waals surface area contributed by atoms with Crippen LogP contribution in [0.25, 0.3) is 0 Å². The molecule has 6 nitrogen and oxygen atoms in total. The van der Waals surface area contributed by atoms with E-state index in [9.17, 15) is 4.79 Å². The van der Waals surface area contributed by atoms with E-state index in [0.29, 0.717) is 29.8 Å². The van der Waals surface area contributed by atoms with E-state index in [1.54, 1.807) is 12.1 Å². The van der Waals surface area contributed by atoms with Crippen LogP contribution < -0.4 is 19.7 Å². The van der Waals surface area contributed by atoms with Gasteiger partial charge < -0.3 is 19.7 Å². The van der Waals surface area contributed by atoms with Gasteiger partial charge in [0.05, 0.1) is 18.2 Å². The van der Waals surface area contributed by atoms with Crippen molar-refractivity contribution in [2.75, 3.05) is 24.6 Å². The Morgan fingerprint density at radius 3 is 2.50 bits per heavy atom. The summed E-state index contributed by atoms with van der Waals surface area (Å²) in [6.07, 6.45) is 7.69. The molecule has 0 bridgehead atoms. The topological polar surface area (TPSA) is 74.6 Å². The molecule has 0 aromatic heterocycles. The van der Waals surface area contributed by atoms with Gasteiger partial charge in [-0.2, -0.15) is 5.26 Å². The summed E-state index contributed by atoms with van der Waals surface area (Å²) in [7, 11) is 0. The van der Waals surface area contributed by atoms with E-state index in [0.717, 1.165) is 44.5 Å². The summed E-state index contributed by atoms with van der Waals surface area (Å²) >= 11 is 0. The minimum Gasteiger partial charge on any atom is -0.494 e. The van der Waals surface area contributed by atoms with E-state index < -0.39 is 0 Å². The predicted octanol–water partition coefficient (Wildman–Crippen LogP) is 5.91. The molecule has 1 amide bonds. The SMILES string of the molecule is CCOc1ccc(OC(=O)N[C@@H]2CCCC[C@H]2C[C@H]2CCCN(c3ccc(C#N)cc3)C2)cc1. The summed E-state index contributed by atoms with van der Waals surface area (Å²) in [6.45, 7) is 4.64. The molecule has 0 spiro atoms. The van der Waals surface area contributed by atoms with Gasteiger partial charge in [0.1, 0.15) is 11.5 Å². The van der Waals surface area contributed by atoms with Crippen LogP contribution >= 0.6 is 0 Å². The minimum atomic E-state index is -0.371. The van der Waals surface area contributed by atoms with Gasteiger partial charge in [0.25, 0.3) is 0 Å². The van der Waals surface area contributed by atoms with Crippen LogP contribution in [0.5, 0.6) is 11.5 Å². The molecule has 1 N–H and O–H groups in total. The van der Waals surface area contributed by atoms with Crippen molar-refractivity contribution < 1.29 is 14.3 Å². The molecule has 2 aromatic rings. The molecular formula is C28H35N3O3. The zero-order chi connectivity index (χ0) is 23.8. The number of ether oxygens (including phenoxy) is 2. The molecule has 34 heavy (non-hydrogen) atoms. The van der Waals surface area contributed by atoms with Crippen LogP contribution in [0.15, 0.2) is 48.5 Å². The normalized spacial score (nSPS) is 22.5. The zero-order valence-corrected chi connectivity index (χ0v) is 20.0. The number of nitrogens with zero attached hydrogens (tertiary/aromatic N) is 2. The zero-order valence-electron chi connectivity index (χ0n) is 20.0. The number of benzene rings is 2. The van der Waals surface area contributed by atoms with Crippen molar-refractivity contribution in [3.05, 3.63) is 54.1 Å². The van der Waals surface area contributed by atoms with E-state index in [1.165, 1.54) is 24.9 Å². The highest BCUT2D eigenvalue weighted by Crippen LogP contribution is 2.34. The molecule has 1 saturated heterocycles. The Labute approximate surface area is 202 Å². The number of anilines is 1. The second-order valence-corrected chi connectivity index (χ2v) is 9.44. The lowest BCUT2D eigenvalue weighted by molar-refractivity contribution is 0.170. The van der Waals surface area contributed by atoms with Gasteiger partial charge in [0.2, 0.25) is 0 Å². The molecule has 0 unspecified atom stereocenters. The van der Waals surface area contributed by atoms with E-state index in [1.807, 2.05) is 31.2 Å². The van der Waals surface area contributed by atoms with Crippen molar-refractivity contribution in [2.45, 2.75) is 57.9 Å². The third kappa shape index (κ3) is 6.44. The maximum atomic E-state index is 12.6. The molecule has 3 atom stereocenters. The van der Waals surface area contributed by atoms with Crippen molar-refractivity contribution in [2.24, 2.45) is 11.8 Å². The molecule has 1 saturated carbocycles. The highest BCUT2D eigenvalue weighted by atomic mass is 16.6. The number of hydrogen-bond donors (Lipinski definition) is 1. The lowest BCUT2D eigenvalue weighted by Gasteiger charge is -2.39. The number of rotatable bonds is 7. The number of hydrogen-bond acceptors (Lipinski definition) is 5. The first-order chi connectivity index (χ1) is 16.6. The molecule has 2 aliphatic rings. The average Bonchev–Trinajstić information content (AvgIpc) is 2.87. The fourth-order valence-electron chi connectivity index (χ4n) is 5.41. The van der Waals surface area contributed by atoms with Crippen molar-refractivity contribution in [3.8, 4) is 17.6 Å². The Balaban J connectivity index is 1.31. The van der Waals surface area contributed by atoms with Crippen LogP contribution in [0.4, 0.5) is 10.5 Å². The number of piperidine rings is 1. The molecule has 2 fully saturated rings. The molecule has 0 radical (unpaired) electrons.